The van der Waals surface area contributed by atoms with Crippen LogP contribution in [0.25, 0.3) is 0 Å². The van der Waals surface area contributed by atoms with Crippen LogP contribution in [0.1, 0.15) is 12.8 Å². The van der Waals surface area contributed by atoms with Gasteiger partial charge in [-0.05, 0) is 6.07 Å². The fourth-order valence-electron chi connectivity index (χ4n) is 1.50. The number of ether oxygens (including phenoxy) is 2. The zero-order valence-corrected chi connectivity index (χ0v) is 10.1. The monoisotopic (exact) mass is 262 g/mol. The fraction of sp³-hybridized carbons (Fsp3) is 0.500. The highest BCUT2D eigenvalue weighted by Gasteiger charge is 2.18. The Kier molecular flexibility index (Phi) is 3.74. The lowest BCUT2D eigenvalue weighted by Gasteiger charge is -2.23. The van der Waals surface area contributed by atoms with E-state index in [9.17, 15) is 0 Å². The van der Waals surface area contributed by atoms with Crippen molar-refractivity contribution in [2.75, 3.05) is 18.9 Å². The number of nitrogens with two attached hydrogens (primary N) is 1. The molecule has 4 nitrogen and oxygen atoms in total. The van der Waals surface area contributed by atoms with Crippen molar-refractivity contribution in [3.05, 3.63) is 16.1 Å². The number of nitrogens with zero attached hydrogens (tertiary/aromatic N) is 1. The lowest BCUT2D eigenvalue weighted by Crippen LogP contribution is -2.26. The molecule has 0 aromatic carbocycles. The molecular formula is C10H12Cl2N2O2. The fourth-order valence-corrected chi connectivity index (χ4v) is 1.90. The molecule has 1 aromatic heterocycles. The van der Waals surface area contributed by atoms with Crippen LogP contribution in [0.4, 0.5) is 5.82 Å². The molecule has 2 rings (SSSR count). The molecule has 0 aliphatic carbocycles. The van der Waals surface area contributed by atoms with Gasteiger partial charge in [0.1, 0.15) is 16.9 Å². The summed E-state index contributed by atoms with van der Waals surface area (Å²) in [6.07, 6.45) is 1.75. The van der Waals surface area contributed by atoms with Crippen molar-refractivity contribution < 1.29 is 9.47 Å². The zero-order chi connectivity index (χ0) is 11.5. The molecule has 1 aliphatic rings. The zero-order valence-electron chi connectivity index (χ0n) is 8.58. The van der Waals surface area contributed by atoms with Gasteiger partial charge >= 0.3 is 0 Å². The van der Waals surface area contributed by atoms with Crippen LogP contribution in [0.5, 0.6) is 5.88 Å². The molecule has 0 atom stereocenters. The van der Waals surface area contributed by atoms with Crippen molar-refractivity contribution in [1.82, 2.24) is 4.98 Å². The van der Waals surface area contributed by atoms with Gasteiger partial charge in [-0.1, -0.05) is 23.2 Å². The van der Waals surface area contributed by atoms with Crippen LogP contribution in [0.3, 0.4) is 0 Å². The van der Waals surface area contributed by atoms with Gasteiger partial charge in [-0.15, -0.1) is 0 Å². The van der Waals surface area contributed by atoms with Gasteiger partial charge in [0.2, 0.25) is 5.88 Å². The number of aromatic nitrogens is 1. The van der Waals surface area contributed by atoms with Gasteiger partial charge in [0.15, 0.2) is 0 Å². The largest absolute Gasteiger partial charge is 0.473 e. The molecular weight excluding hydrogens is 251 g/mol. The lowest BCUT2D eigenvalue weighted by molar-refractivity contribution is 0.0238. The Bertz CT molecular complexity index is 381. The first-order chi connectivity index (χ1) is 7.66. The number of hydrogen-bond donors (Lipinski definition) is 1. The van der Waals surface area contributed by atoms with E-state index in [0.717, 1.165) is 12.8 Å². The number of nitrogen functional groups attached to an aromatic ring is 1. The van der Waals surface area contributed by atoms with Crippen LogP contribution in [0.15, 0.2) is 6.07 Å². The van der Waals surface area contributed by atoms with Crippen LogP contribution in [0.2, 0.25) is 10.0 Å². The van der Waals surface area contributed by atoms with Crippen molar-refractivity contribution in [1.29, 1.82) is 0 Å². The second kappa shape index (κ2) is 5.08. The molecule has 0 saturated carbocycles. The summed E-state index contributed by atoms with van der Waals surface area (Å²) >= 11 is 11.7. The second-order valence-corrected chi connectivity index (χ2v) is 4.39. The standard InChI is InChI=1S/C10H12Cl2N2O2/c11-7-5-8(12)10(14-9(7)13)16-6-1-3-15-4-2-6/h5-6H,1-4H2,(H2,13,14). The molecule has 0 bridgehead atoms. The number of pyridine rings is 1. The summed E-state index contributed by atoms with van der Waals surface area (Å²) in [6, 6.07) is 1.54. The molecule has 0 amide bonds. The smallest absolute Gasteiger partial charge is 0.234 e. The summed E-state index contributed by atoms with van der Waals surface area (Å²) in [5, 5.41) is 0.718. The molecule has 1 aliphatic heterocycles. The van der Waals surface area contributed by atoms with Crippen molar-refractivity contribution in [3.8, 4) is 5.88 Å². The topological polar surface area (TPSA) is 57.4 Å². The van der Waals surface area contributed by atoms with Crippen LogP contribution in [-0.4, -0.2) is 24.3 Å². The van der Waals surface area contributed by atoms with E-state index < -0.39 is 0 Å². The van der Waals surface area contributed by atoms with Crippen molar-refractivity contribution in [2.45, 2.75) is 18.9 Å². The molecule has 1 fully saturated rings. The van der Waals surface area contributed by atoms with E-state index in [4.69, 9.17) is 38.4 Å². The van der Waals surface area contributed by atoms with Gasteiger partial charge in [0.25, 0.3) is 0 Å². The second-order valence-electron chi connectivity index (χ2n) is 3.57. The predicted molar refractivity (Wildman–Crippen MR) is 63.1 cm³/mol. The van der Waals surface area contributed by atoms with Gasteiger partial charge in [-0.2, -0.15) is 4.98 Å². The molecule has 2 N–H and O–H groups in total. The van der Waals surface area contributed by atoms with Gasteiger partial charge in [0.05, 0.1) is 18.2 Å². The van der Waals surface area contributed by atoms with E-state index in [0.29, 0.717) is 29.1 Å². The normalized spacial score (nSPS) is 17.4. The molecule has 6 heteroatoms. The number of hydrogen-bond acceptors (Lipinski definition) is 4. The molecule has 0 spiro atoms. The van der Waals surface area contributed by atoms with Crippen molar-refractivity contribution >= 4 is 29.0 Å². The van der Waals surface area contributed by atoms with E-state index in [-0.39, 0.29) is 11.9 Å². The Labute approximate surface area is 104 Å². The Balaban J connectivity index is 2.11. The summed E-state index contributed by atoms with van der Waals surface area (Å²) in [4.78, 5) is 4.02. The van der Waals surface area contributed by atoms with E-state index >= 15 is 0 Å². The minimum absolute atomic E-state index is 0.0827. The van der Waals surface area contributed by atoms with Crippen LogP contribution in [0, 0.1) is 0 Å². The molecule has 88 valence electrons. The average molecular weight is 263 g/mol. The highest BCUT2D eigenvalue weighted by atomic mass is 35.5. The SMILES string of the molecule is Nc1nc(OC2CCOCC2)c(Cl)cc1Cl. The molecule has 1 saturated heterocycles. The summed E-state index contributed by atoms with van der Waals surface area (Å²) in [5.74, 6) is 0.573. The Morgan fingerprint density at radius 2 is 2.00 bits per heavy atom. The van der Waals surface area contributed by atoms with Crippen LogP contribution >= 0.6 is 23.2 Å². The number of halogens is 2. The lowest BCUT2D eigenvalue weighted by atomic mass is 10.1. The molecule has 0 unspecified atom stereocenters. The van der Waals surface area contributed by atoms with Crippen molar-refractivity contribution in [3.63, 3.8) is 0 Å². The summed E-state index contributed by atoms with van der Waals surface area (Å²) < 4.78 is 10.9. The van der Waals surface area contributed by atoms with Gasteiger partial charge in [0, 0.05) is 12.8 Å². The van der Waals surface area contributed by atoms with E-state index in [1.54, 1.807) is 6.07 Å². The van der Waals surface area contributed by atoms with Crippen LogP contribution in [-0.2, 0) is 4.74 Å². The molecule has 2 heterocycles. The molecule has 0 radical (unpaired) electrons. The summed E-state index contributed by atoms with van der Waals surface area (Å²) in [6.45, 7) is 1.40. The maximum Gasteiger partial charge on any atom is 0.234 e. The van der Waals surface area contributed by atoms with E-state index in [1.165, 1.54) is 0 Å². The van der Waals surface area contributed by atoms with Gasteiger partial charge in [-0.3, -0.25) is 0 Å². The third-order valence-corrected chi connectivity index (χ3v) is 2.94. The maximum atomic E-state index is 5.96. The first-order valence-electron chi connectivity index (χ1n) is 5.02. The van der Waals surface area contributed by atoms with Gasteiger partial charge in [-0.25, -0.2) is 0 Å². The summed E-state index contributed by atoms with van der Waals surface area (Å²) in [5.41, 5.74) is 5.59. The first-order valence-corrected chi connectivity index (χ1v) is 5.78. The molecule has 1 aromatic rings. The van der Waals surface area contributed by atoms with Gasteiger partial charge < -0.3 is 15.2 Å². The average Bonchev–Trinajstić information content (AvgIpc) is 2.27. The third-order valence-electron chi connectivity index (χ3n) is 2.37. The minimum Gasteiger partial charge on any atom is -0.473 e. The van der Waals surface area contributed by atoms with Crippen molar-refractivity contribution in [2.24, 2.45) is 0 Å². The van der Waals surface area contributed by atoms with E-state index in [2.05, 4.69) is 4.98 Å². The Hall–Kier alpha value is -0.710. The summed E-state index contributed by atoms with van der Waals surface area (Å²) in [7, 11) is 0. The van der Waals surface area contributed by atoms with Crippen LogP contribution < -0.4 is 10.5 Å². The Morgan fingerprint density at radius 1 is 1.31 bits per heavy atom. The minimum atomic E-state index is 0.0827. The Morgan fingerprint density at radius 3 is 2.69 bits per heavy atom. The predicted octanol–water partition coefficient (Wildman–Crippen LogP) is 2.53. The number of anilines is 1. The highest BCUT2D eigenvalue weighted by Crippen LogP contribution is 2.30. The molecule has 16 heavy (non-hydrogen) atoms. The van der Waals surface area contributed by atoms with E-state index in [1.807, 2.05) is 0 Å². The first kappa shape index (κ1) is 11.8. The number of rotatable bonds is 2. The third kappa shape index (κ3) is 2.70. The quantitative estimate of drug-likeness (QED) is 0.890. The highest BCUT2D eigenvalue weighted by molar-refractivity contribution is 6.36. The maximum absolute atomic E-state index is 5.96.